The Morgan fingerprint density at radius 3 is 2.93 bits per heavy atom. The highest BCUT2D eigenvalue weighted by Gasteiger charge is 2.23. The minimum atomic E-state index is 0.243. The zero-order valence-corrected chi connectivity index (χ0v) is 8.13. The maximum absolute atomic E-state index is 9.13. The van der Waals surface area contributed by atoms with Crippen LogP contribution in [0.2, 0.25) is 0 Å². The first kappa shape index (κ1) is 9.55. The molecule has 0 spiro atoms. The maximum atomic E-state index is 9.13. The summed E-state index contributed by atoms with van der Waals surface area (Å²) in [5, 5.41) is 9.13. The molecular formula is C10H15N3O. The van der Waals surface area contributed by atoms with Gasteiger partial charge in [0.05, 0.1) is 13.2 Å². The number of aliphatic hydroxyl groups is 1. The summed E-state index contributed by atoms with van der Waals surface area (Å²) in [5.41, 5.74) is 0. The van der Waals surface area contributed by atoms with E-state index in [0.29, 0.717) is 6.04 Å². The first-order chi connectivity index (χ1) is 6.90. The monoisotopic (exact) mass is 193 g/mol. The summed E-state index contributed by atoms with van der Waals surface area (Å²) in [6.07, 6.45) is 5.76. The Morgan fingerprint density at radius 2 is 2.21 bits per heavy atom. The van der Waals surface area contributed by atoms with Crippen LogP contribution in [-0.2, 0) is 6.54 Å². The molecule has 1 aliphatic heterocycles. The third kappa shape index (κ3) is 2.08. The number of aliphatic hydroxyl groups excluding tert-OH is 1. The van der Waals surface area contributed by atoms with Crippen LogP contribution in [0, 0.1) is 0 Å². The topological polar surface area (TPSA) is 49.2 Å². The molecule has 76 valence electrons. The average molecular weight is 193 g/mol. The Kier molecular flexibility index (Phi) is 3.06. The highest BCUT2D eigenvalue weighted by molar-refractivity contribution is 4.90. The van der Waals surface area contributed by atoms with Gasteiger partial charge >= 0.3 is 0 Å². The van der Waals surface area contributed by atoms with E-state index in [4.69, 9.17) is 5.11 Å². The summed E-state index contributed by atoms with van der Waals surface area (Å²) in [6.45, 7) is 2.04. The summed E-state index contributed by atoms with van der Waals surface area (Å²) < 4.78 is 0. The van der Waals surface area contributed by atoms with Gasteiger partial charge in [-0.2, -0.15) is 0 Å². The van der Waals surface area contributed by atoms with Gasteiger partial charge in [0, 0.05) is 18.4 Å². The summed E-state index contributed by atoms with van der Waals surface area (Å²) >= 11 is 0. The summed E-state index contributed by atoms with van der Waals surface area (Å²) in [4.78, 5) is 10.6. The van der Waals surface area contributed by atoms with Crippen LogP contribution in [0.15, 0.2) is 18.5 Å². The molecule has 2 heterocycles. The smallest absolute Gasteiger partial charge is 0.142 e. The Hall–Kier alpha value is -1.00. The molecule has 1 aromatic heterocycles. The van der Waals surface area contributed by atoms with Gasteiger partial charge in [0.25, 0.3) is 0 Å². The second-order valence-electron chi connectivity index (χ2n) is 3.61. The van der Waals surface area contributed by atoms with Crippen LogP contribution < -0.4 is 0 Å². The van der Waals surface area contributed by atoms with Crippen molar-refractivity contribution in [2.75, 3.05) is 13.2 Å². The van der Waals surface area contributed by atoms with Gasteiger partial charge in [-0.3, -0.25) is 4.90 Å². The molecule has 0 unspecified atom stereocenters. The number of hydrogen-bond donors (Lipinski definition) is 1. The molecule has 1 saturated heterocycles. The highest BCUT2D eigenvalue weighted by atomic mass is 16.3. The van der Waals surface area contributed by atoms with Gasteiger partial charge in [-0.1, -0.05) is 0 Å². The minimum absolute atomic E-state index is 0.243. The third-order valence-corrected chi connectivity index (χ3v) is 2.67. The molecule has 1 aliphatic rings. The zero-order valence-electron chi connectivity index (χ0n) is 8.13. The first-order valence-electron chi connectivity index (χ1n) is 5.01. The van der Waals surface area contributed by atoms with Gasteiger partial charge in [-0.25, -0.2) is 9.97 Å². The summed E-state index contributed by atoms with van der Waals surface area (Å²) in [5.74, 6) is 0.841. The Morgan fingerprint density at radius 1 is 1.43 bits per heavy atom. The molecule has 1 fully saturated rings. The number of hydrogen-bond acceptors (Lipinski definition) is 4. The van der Waals surface area contributed by atoms with Crippen molar-refractivity contribution < 1.29 is 5.11 Å². The van der Waals surface area contributed by atoms with E-state index in [1.54, 1.807) is 12.4 Å². The molecule has 0 amide bonds. The standard InChI is InChI=1S/C10H15N3O/c14-8-9-3-1-6-13(9)7-10-11-4-2-5-12-10/h2,4-5,9,14H,1,3,6-8H2/t9-/m0/s1. The van der Waals surface area contributed by atoms with Crippen molar-refractivity contribution in [3.05, 3.63) is 24.3 Å². The molecule has 1 aromatic rings. The lowest BCUT2D eigenvalue weighted by Crippen LogP contribution is -2.32. The lowest BCUT2D eigenvalue weighted by Gasteiger charge is -2.21. The fraction of sp³-hybridized carbons (Fsp3) is 0.600. The lowest BCUT2D eigenvalue weighted by molar-refractivity contribution is 0.151. The van der Waals surface area contributed by atoms with Crippen LogP contribution >= 0.6 is 0 Å². The van der Waals surface area contributed by atoms with Crippen molar-refractivity contribution in [1.82, 2.24) is 14.9 Å². The normalized spacial score (nSPS) is 22.8. The van der Waals surface area contributed by atoms with E-state index in [1.807, 2.05) is 6.07 Å². The van der Waals surface area contributed by atoms with E-state index in [-0.39, 0.29) is 6.61 Å². The summed E-state index contributed by atoms with van der Waals surface area (Å²) in [6, 6.07) is 2.12. The molecule has 4 nitrogen and oxygen atoms in total. The molecule has 14 heavy (non-hydrogen) atoms. The lowest BCUT2D eigenvalue weighted by atomic mass is 10.2. The van der Waals surface area contributed by atoms with Gasteiger partial charge in [0.1, 0.15) is 5.82 Å². The minimum Gasteiger partial charge on any atom is -0.395 e. The van der Waals surface area contributed by atoms with E-state index in [2.05, 4.69) is 14.9 Å². The fourth-order valence-electron chi connectivity index (χ4n) is 1.90. The van der Waals surface area contributed by atoms with Crippen molar-refractivity contribution in [3.8, 4) is 0 Å². The van der Waals surface area contributed by atoms with Crippen molar-refractivity contribution in [2.24, 2.45) is 0 Å². The Bertz CT molecular complexity index is 278. The van der Waals surface area contributed by atoms with Crippen molar-refractivity contribution in [2.45, 2.75) is 25.4 Å². The number of nitrogens with zero attached hydrogens (tertiary/aromatic N) is 3. The van der Waals surface area contributed by atoms with E-state index >= 15 is 0 Å². The zero-order chi connectivity index (χ0) is 9.80. The van der Waals surface area contributed by atoms with Crippen molar-refractivity contribution >= 4 is 0 Å². The number of rotatable bonds is 3. The van der Waals surface area contributed by atoms with E-state index in [0.717, 1.165) is 31.8 Å². The highest BCUT2D eigenvalue weighted by Crippen LogP contribution is 2.17. The first-order valence-corrected chi connectivity index (χ1v) is 5.01. The Balaban J connectivity index is 1.97. The van der Waals surface area contributed by atoms with Crippen molar-refractivity contribution in [1.29, 1.82) is 0 Å². The van der Waals surface area contributed by atoms with Crippen LogP contribution in [0.1, 0.15) is 18.7 Å². The molecular weight excluding hydrogens is 178 g/mol. The summed E-state index contributed by atoms with van der Waals surface area (Å²) in [7, 11) is 0. The van der Waals surface area contributed by atoms with Crippen LogP contribution in [0.25, 0.3) is 0 Å². The van der Waals surface area contributed by atoms with E-state index in [1.165, 1.54) is 0 Å². The van der Waals surface area contributed by atoms with Gasteiger partial charge in [-0.15, -0.1) is 0 Å². The molecule has 0 saturated carbocycles. The predicted octanol–water partition coefficient (Wildman–Crippen LogP) is 0.433. The van der Waals surface area contributed by atoms with Crippen LogP contribution in [0.3, 0.4) is 0 Å². The molecule has 4 heteroatoms. The predicted molar refractivity (Wildman–Crippen MR) is 52.5 cm³/mol. The van der Waals surface area contributed by atoms with Gasteiger partial charge in [0.2, 0.25) is 0 Å². The molecule has 0 aromatic carbocycles. The molecule has 0 aliphatic carbocycles. The largest absolute Gasteiger partial charge is 0.395 e. The van der Waals surface area contributed by atoms with Gasteiger partial charge in [-0.05, 0) is 25.5 Å². The quantitative estimate of drug-likeness (QED) is 0.756. The molecule has 2 rings (SSSR count). The van der Waals surface area contributed by atoms with E-state index in [9.17, 15) is 0 Å². The maximum Gasteiger partial charge on any atom is 0.142 e. The van der Waals surface area contributed by atoms with Crippen LogP contribution in [0.4, 0.5) is 0 Å². The van der Waals surface area contributed by atoms with E-state index < -0.39 is 0 Å². The number of aromatic nitrogens is 2. The molecule has 1 N–H and O–H groups in total. The second kappa shape index (κ2) is 4.48. The molecule has 0 bridgehead atoms. The van der Waals surface area contributed by atoms with Crippen LogP contribution in [0.5, 0.6) is 0 Å². The average Bonchev–Trinajstić information content (AvgIpc) is 2.67. The number of likely N-dealkylation sites (tertiary alicyclic amines) is 1. The SMILES string of the molecule is OC[C@@H]1CCCN1Cc1ncccn1. The van der Waals surface area contributed by atoms with Crippen molar-refractivity contribution in [3.63, 3.8) is 0 Å². The Labute approximate surface area is 83.6 Å². The van der Waals surface area contributed by atoms with Gasteiger partial charge < -0.3 is 5.11 Å². The fourth-order valence-corrected chi connectivity index (χ4v) is 1.90. The van der Waals surface area contributed by atoms with Crippen LogP contribution in [-0.4, -0.2) is 39.2 Å². The second-order valence-corrected chi connectivity index (χ2v) is 3.61. The molecule has 0 radical (unpaired) electrons. The van der Waals surface area contributed by atoms with Gasteiger partial charge in [0.15, 0.2) is 0 Å². The third-order valence-electron chi connectivity index (χ3n) is 2.67. The molecule has 1 atom stereocenters.